The summed E-state index contributed by atoms with van der Waals surface area (Å²) in [5.74, 6) is -0.484. The van der Waals surface area contributed by atoms with E-state index in [4.69, 9.17) is 9.72 Å². The van der Waals surface area contributed by atoms with E-state index >= 15 is 0 Å². The SMILES string of the molecule is C[C@H](OC(=O)c1c2c(nc3ccccc13)CCC2)C(=O)N1CCCCCC1. The van der Waals surface area contributed by atoms with Gasteiger partial charge in [-0.05, 0) is 50.7 Å². The molecular weight excluding hydrogens is 340 g/mol. The third-order valence-electron chi connectivity index (χ3n) is 5.67. The quantitative estimate of drug-likeness (QED) is 0.778. The number of benzene rings is 1. The number of fused-ring (bicyclic) bond motifs is 2. The Morgan fingerprint density at radius 3 is 2.56 bits per heavy atom. The van der Waals surface area contributed by atoms with Gasteiger partial charge < -0.3 is 9.64 Å². The Kier molecular flexibility index (Phi) is 5.10. The van der Waals surface area contributed by atoms with Gasteiger partial charge in [-0.2, -0.15) is 0 Å². The van der Waals surface area contributed by atoms with Crippen LogP contribution in [0.25, 0.3) is 10.9 Å². The van der Waals surface area contributed by atoms with E-state index in [-0.39, 0.29) is 5.91 Å². The molecule has 2 aliphatic rings. The molecule has 4 rings (SSSR count). The molecule has 142 valence electrons. The molecule has 0 N–H and O–H groups in total. The normalized spacial score (nSPS) is 18.0. The van der Waals surface area contributed by atoms with Gasteiger partial charge in [0.2, 0.25) is 0 Å². The minimum atomic E-state index is -0.764. The van der Waals surface area contributed by atoms with E-state index in [2.05, 4.69) is 0 Å². The van der Waals surface area contributed by atoms with Crippen LogP contribution < -0.4 is 0 Å². The predicted molar refractivity (Wildman–Crippen MR) is 104 cm³/mol. The molecule has 1 saturated heterocycles. The zero-order chi connectivity index (χ0) is 18.8. The second-order valence-electron chi connectivity index (χ2n) is 7.57. The van der Waals surface area contributed by atoms with Crippen LogP contribution in [0.5, 0.6) is 0 Å². The number of rotatable bonds is 3. The summed E-state index contributed by atoms with van der Waals surface area (Å²) >= 11 is 0. The summed E-state index contributed by atoms with van der Waals surface area (Å²) in [6, 6.07) is 7.68. The monoisotopic (exact) mass is 366 g/mol. The summed E-state index contributed by atoms with van der Waals surface area (Å²) in [5.41, 5.74) is 3.40. The molecule has 2 aromatic rings. The van der Waals surface area contributed by atoms with Crippen LogP contribution in [0.15, 0.2) is 24.3 Å². The van der Waals surface area contributed by atoms with Gasteiger partial charge in [-0.3, -0.25) is 9.78 Å². The molecule has 5 nitrogen and oxygen atoms in total. The predicted octanol–water partition coefficient (Wildman–Crippen LogP) is 3.67. The van der Waals surface area contributed by atoms with Crippen LogP contribution in [0.4, 0.5) is 0 Å². The van der Waals surface area contributed by atoms with Crippen LogP contribution in [0.1, 0.15) is 60.6 Å². The lowest BCUT2D eigenvalue weighted by molar-refractivity contribution is -0.139. The van der Waals surface area contributed by atoms with E-state index < -0.39 is 12.1 Å². The maximum atomic E-state index is 13.1. The van der Waals surface area contributed by atoms with Crippen molar-refractivity contribution in [2.45, 2.75) is 58.0 Å². The van der Waals surface area contributed by atoms with Gasteiger partial charge in [0.05, 0.1) is 11.1 Å². The lowest BCUT2D eigenvalue weighted by Crippen LogP contribution is -2.40. The maximum Gasteiger partial charge on any atom is 0.339 e. The molecule has 2 heterocycles. The fourth-order valence-electron chi connectivity index (χ4n) is 4.26. The molecule has 5 heteroatoms. The number of hydrogen-bond donors (Lipinski definition) is 0. The zero-order valence-corrected chi connectivity index (χ0v) is 15.9. The van der Waals surface area contributed by atoms with Crippen LogP contribution in [0.3, 0.4) is 0 Å². The average molecular weight is 366 g/mol. The van der Waals surface area contributed by atoms with E-state index in [0.29, 0.717) is 5.56 Å². The van der Waals surface area contributed by atoms with Gasteiger partial charge in [-0.25, -0.2) is 4.79 Å². The first kappa shape index (κ1) is 18.0. The highest BCUT2D eigenvalue weighted by Crippen LogP contribution is 2.30. The Balaban J connectivity index is 1.59. The number of aromatic nitrogens is 1. The number of aryl methyl sites for hydroxylation is 1. The number of carbonyl (C=O) groups is 2. The molecule has 1 atom stereocenters. The molecule has 1 aliphatic heterocycles. The molecule has 0 radical (unpaired) electrons. The van der Waals surface area contributed by atoms with E-state index in [1.54, 1.807) is 6.92 Å². The number of hydrogen-bond acceptors (Lipinski definition) is 4. The Hall–Kier alpha value is -2.43. The summed E-state index contributed by atoms with van der Waals surface area (Å²) in [6.07, 6.45) is 6.33. The van der Waals surface area contributed by atoms with Crippen molar-refractivity contribution >= 4 is 22.8 Å². The summed E-state index contributed by atoms with van der Waals surface area (Å²) in [6.45, 7) is 3.21. The molecule has 1 aliphatic carbocycles. The van der Waals surface area contributed by atoms with Gasteiger partial charge in [-0.15, -0.1) is 0 Å². The number of esters is 1. The standard InChI is InChI=1S/C22H26N2O3/c1-15(21(25)24-13-6-2-3-7-14-24)27-22(26)20-16-9-4-5-11-18(16)23-19-12-8-10-17(19)20/h4-5,9,11,15H,2-3,6-8,10,12-14H2,1H3/t15-/m0/s1. The number of nitrogens with zero attached hydrogens (tertiary/aromatic N) is 2. The van der Waals surface area contributed by atoms with Crippen molar-refractivity contribution in [2.24, 2.45) is 0 Å². The van der Waals surface area contributed by atoms with Gasteiger partial charge in [-0.1, -0.05) is 31.0 Å². The maximum absolute atomic E-state index is 13.1. The first-order chi connectivity index (χ1) is 13.1. The smallest absolute Gasteiger partial charge is 0.339 e. The third kappa shape index (κ3) is 3.55. The first-order valence-electron chi connectivity index (χ1n) is 10.1. The summed E-state index contributed by atoms with van der Waals surface area (Å²) in [7, 11) is 0. The third-order valence-corrected chi connectivity index (χ3v) is 5.67. The van der Waals surface area contributed by atoms with E-state index in [9.17, 15) is 9.59 Å². The Morgan fingerprint density at radius 2 is 1.78 bits per heavy atom. The van der Waals surface area contributed by atoms with Crippen molar-refractivity contribution in [1.82, 2.24) is 9.88 Å². The first-order valence-corrected chi connectivity index (χ1v) is 10.1. The van der Waals surface area contributed by atoms with Crippen molar-refractivity contribution in [1.29, 1.82) is 0 Å². The lowest BCUT2D eigenvalue weighted by atomic mass is 10.0. The number of para-hydroxylation sites is 1. The summed E-state index contributed by atoms with van der Waals surface area (Å²) in [4.78, 5) is 32.4. The van der Waals surface area contributed by atoms with Crippen molar-refractivity contribution < 1.29 is 14.3 Å². The second-order valence-corrected chi connectivity index (χ2v) is 7.57. The van der Waals surface area contributed by atoms with Crippen LogP contribution in [0, 0.1) is 0 Å². The van der Waals surface area contributed by atoms with Crippen LogP contribution in [-0.2, 0) is 22.4 Å². The second kappa shape index (κ2) is 7.67. The molecule has 1 fully saturated rings. The molecule has 0 bridgehead atoms. The molecule has 1 amide bonds. The fraction of sp³-hybridized carbons (Fsp3) is 0.500. The molecule has 27 heavy (non-hydrogen) atoms. The van der Waals surface area contributed by atoms with Gasteiger partial charge in [0.1, 0.15) is 0 Å². The Morgan fingerprint density at radius 1 is 1.04 bits per heavy atom. The average Bonchev–Trinajstić information content (AvgIpc) is 2.97. The van der Waals surface area contributed by atoms with Crippen LogP contribution in [-0.4, -0.2) is 41.0 Å². The molecule has 0 unspecified atom stereocenters. The number of ether oxygens (including phenoxy) is 1. The van der Waals surface area contributed by atoms with E-state index in [1.807, 2.05) is 29.2 Å². The van der Waals surface area contributed by atoms with Crippen molar-refractivity contribution in [3.8, 4) is 0 Å². The highest BCUT2D eigenvalue weighted by Gasteiger charge is 2.29. The van der Waals surface area contributed by atoms with Crippen LogP contribution in [0.2, 0.25) is 0 Å². The topological polar surface area (TPSA) is 59.5 Å². The zero-order valence-electron chi connectivity index (χ0n) is 15.9. The minimum absolute atomic E-state index is 0.0831. The molecule has 1 aromatic heterocycles. The molecule has 0 spiro atoms. The minimum Gasteiger partial charge on any atom is -0.449 e. The van der Waals surface area contributed by atoms with Gasteiger partial charge >= 0.3 is 5.97 Å². The number of carbonyl (C=O) groups excluding carboxylic acids is 2. The Bertz CT molecular complexity index is 869. The highest BCUT2D eigenvalue weighted by atomic mass is 16.5. The highest BCUT2D eigenvalue weighted by molar-refractivity contribution is 6.06. The van der Waals surface area contributed by atoms with Gasteiger partial charge in [0.15, 0.2) is 6.10 Å². The molecule has 1 aromatic carbocycles. The molecule has 0 saturated carbocycles. The summed E-state index contributed by atoms with van der Waals surface area (Å²) < 4.78 is 5.67. The largest absolute Gasteiger partial charge is 0.449 e. The summed E-state index contributed by atoms with van der Waals surface area (Å²) in [5, 5.41) is 0.817. The van der Waals surface area contributed by atoms with Crippen molar-refractivity contribution in [3.05, 3.63) is 41.1 Å². The van der Waals surface area contributed by atoms with E-state index in [0.717, 1.165) is 80.2 Å². The Labute approximate surface area is 159 Å². The van der Waals surface area contributed by atoms with E-state index in [1.165, 1.54) is 0 Å². The number of likely N-dealkylation sites (tertiary alicyclic amines) is 1. The van der Waals surface area contributed by atoms with Crippen LogP contribution >= 0.6 is 0 Å². The fourth-order valence-corrected chi connectivity index (χ4v) is 4.26. The van der Waals surface area contributed by atoms with Crippen molar-refractivity contribution in [3.63, 3.8) is 0 Å². The molecular formula is C22H26N2O3. The van der Waals surface area contributed by atoms with Crippen molar-refractivity contribution in [2.75, 3.05) is 13.1 Å². The van der Waals surface area contributed by atoms with Gasteiger partial charge in [0, 0.05) is 24.2 Å². The lowest BCUT2D eigenvalue weighted by Gasteiger charge is -2.24. The number of pyridine rings is 1. The van der Waals surface area contributed by atoms with Gasteiger partial charge in [0.25, 0.3) is 5.91 Å². The number of amides is 1.